The second-order valence-corrected chi connectivity index (χ2v) is 21.6. The Balaban J connectivity index is 1.51. The Kier molecular flexibility index (Phi) is 11.8. The van der Waals surface area contributed by atoms with Crippen molar-refractivity contribution in [2.75, 3.05) is 64.5 Å². The van der Waals surface area contributed by atoms with E-state index in [1.54, 1.807) is 7.05 Å². The molecular formula is C38H54F6N4O4Si. The zero-order chi connectivity index (χ0) is 39.3. The number of piperazine rings is 1. The number of morpholine rings is 1. The summed E-state index contributed by atoms with van der Waals surface area (Å²) in [4.78, 5) is 20.5. The van der Waals surface area contributed by atoms with Crippen molar-refractivity contribution < 1.29 is 45.4 Å². The third-order valence-corrected chi connectivity index (χ3v) is 16.5. The van der Waals surface area contributed by atoms with Crippen molar-refractivity contribution in [2.45, 2.75) is 101 Å². The molecule has 2 aromatic carbocycles. The minimum atomic E-state index is -5.05. The second-order valence-electron chi connectivity index (χ2n) is 16.8. The van der Waals surface area contributed by atoms with Crippen molar-refractivity contribution >= 4 is 19.9 Å². The maximum absolute atomic E-state index is 14.3. The third-order valence-electron chi connectivity index (χ3n) is 12.0. The molecule has 0 spiro atoms. The first-order valence-corrected chi connectivity index (χ1v) is 21.1. The lowest BCUT2D eigenvalue weighted by Gasteiger charge is -2.51. The maximum Gasteiger partial charge on any atom is 0.416 e. The van der Waals surface area contributed by atoms with Crippen LogP contribution in [-0.2, 0) is 38.3 Å². The zero-order valence-electron chi connectivity index (χ0n) is 31.9. The summed E-state index contributed by atoms with van der Waals surface area (Å²) in [5.74, 6) is -0.978. The first-order valence-electron chi connectivity index (χ1n) is 18.2. The molecule has 0 saturated carbocycles. The van der Waals surface area contributed by atoms with Crippen LogP contribution in [0.15, 0.2) is 36.4 Å². The molecule has 0 aliphatic carbocycles. The van der Waals surface area contributed by atoms with E-state index in [4.69, 9.17) is 9.16 Å². The summed E-state index contributed by atoms with van der Waals surface area (Å²) in [6, 6.07) is 6.69. The van der Waals surface area contributed by atoms with Crippen molar-refractivity contribution in [1.82, 2.24) is 15.1 Å². The Labute approximate surface area is 309 Å². The number of aliphatic hydroxyl groups is 1. The van der Waals surface area contributed by atoms with Crippen LogP contribution in [0, 0.1) is 0 Å². The van der Waals surface area contributed by atoms with Crippen LogP contribution < -0.4 is 10.2 Å². The number of ether oxygens (including phenoxy) is 1. The molecule has 3 aliphatic heterocycles. The van der Waals surface area contributed by atoms with Crippen molar-refractivity contribution in [1.29, 1.82) is 0 Å². The minimum Gasteiger partial charge on any atom is -0.415 e. The SMILES string of the molecule is CN(C(=O)C(C)(C)c1cc(C(F)(F)F)cc(C(F)(F)F)c1)C1CNCC1c1c(CO)cccc1N1C[C@H]2COCCN2C[C@H]1CO[Si](C)(C)C(C)(C)C. The summed E-state index contributed by atoms with van der Waals surface area (Å²) in [7, 11) is -0.578. The number of likely N-dealkylation sites (N-methyl/N-ethyl adjacent to an activating group) is 1. The number of carbonyl (C=O) groups excluding carboxylic acids is 1. The second kappa shape index (κ2) is 15.1. The Bertz CT molecular complexity index is 1600. The van der Waals surface area contributed by atoms with E-state index in [2.05, 4.69) is 49.0 Å². The van der Waals surface area contributed by atoms with Gasteiger partial charge in [0.05, 0.1) is 61.1 Å². The summed E-state index contributed by atoms with van der Waals surface area (Å²) in [6.07, 6.45) is -10.1. The summed E-state index contributed by atoms with van der Waals surface area (Å²) in [5, 5.41) is 14.1. The van der Waals surface area contributed by atoms with Gasteiger partial charge in [0.1, 0.15) is 0 Å². The van der Waals surface area contributed by atoms with E-state index >= 15 is 0 Å². The smallest absolute Gasteiger partial charge is 0.415 e. The molecule has 3 aliphatic rings. The summed E-state index contributed by atoms with van der Waals surface area (Å²) in [6.45, 7) is 18.2. The fourth-order valence-electron chi connectivity index (χ4n) is 7.61. The first-order chi connectivity index (χ1) is 24.5. The number of fused-ring (bicyclic) bond motifs is 1. The molecule has 2 N–H and O–H groups in total. The number of nitrogens with one attached hydrogen (secondary N) is 1. The van der Waals surface area contributed by atoms with Gasteiger partial charge in [-0.1, -0.05) is 32.9 Å². The van der Waals surface area contributed by atoms with Crippen LogP contribution in [0.2, 0.25) is 18.1 Å². The normalized spacial score (nSPS) is 23.6. The maximum atomic E-state index is 14.3. The van der Waals surface area contributed by atoms with Crippen molar-refractivity contribution in [2.24, 2.45) is 0 Å². The Morgan fingerprint density at radius 3 is 2.19 bits per heavy atom. The molecule has 0 radical (unpaired) electrons. The van der Waals surface area contributed by atoms with Crippen molar-refractivity contribution in [3.8, 4) is 0 Å². The number of hydrogen-bond acceptors (Lipinski definition) is 7. The molecule has 4 atom stereocenters. The molecule has 15 heteroatoms. The number of aliphatic hydroxyl groups excluding tert-OH is 1. The van der Waals surface area contributed by atoms with Gasteiger partial charge in [-0.2, -0.15) is 26.3 Å². The quantitative estimate of drug-likeness (QED) is 0.219. The van der Waals surface area contributed by atoms with Gasteiger partial charge in [0.15, 0.2) is 8.32 Å². The highest BCUT2D eigenvalue weighted by Gasteiger charge is 2.46. The van der Waals surface area contributed by atoms with Crippen LogP contribution in [-0.4, -0.2) is 107 Å². The monoisotopic (exact) mass is 772 g/mol. The number of amides is 1. The topological polar surface area (TPSA) is 77.5 Å². The fourth-order valence-corrected chi connectivity index (χ4v) is 8.66. The van der Waals surface area contributed by atoms with Gasteiger partial charge < -0.3 is 29.4 Å². The molecule has 2 aromatic rings. The molecule has 5 rings (SSSR count). The molecule has 3 fully saturated rings. The first kappa shape index (κ1) is 41.5. The summed E-state index contributed by atoms with van der Waals surface area (Å²) >= 11 is 0. The number of anilines is 1. The van der Waals surface area contributed by atoms with Gasteiger partial charge in [-0.3, -0.25) is 9.69 Å². The fraction of sp³-hybridized carbons (Fsp3) is 0.658. The predicted molar refractivity (Wildman–Crippen MR) is 194 cm³/mol. The van der Waals surface area contributed by atoms with Crippen LogP contribution in [0.4, 0.5) is 32.0 Å². The molecule has 0 bridgehead atoms. The number of carbonyl (C=O) groups is 1. The highest BCUT2D eigenvalue weighted by Crippen LogP contribution is 2.43. The largest absolute Gasteiger partial charge is 0.416 e. The lowest BCUT2D eigenvalue weighted by molar-refractivity contribution is -0.144. The summed E-state index contributed by atoms with van der Waals surface area (Å²) in [5.41, 5.74) is -2.63. The van der Waals surface area contributed by atoms with Crippen molar-refractivity contribution in [3.63, 3.8) is 0 Å². The molecule has 296 valence electrons. The van der Waals surface area contributed by atoms with Gasteiger partial charge in [-0.25, -0.2) is 0 Å². The van der Waals surface area contributed by atoms with Crippen molar-refractivity contribution in [3.05, 3.63) is 64.2 Å². The van der Waals surface area contributed by atoms with E-state index < -0.39 is 49.2 Å². The molecule has 2 unspecified atom stereocenters. The minimum absolute atomic E-state index is 0.00593. The predicted octanol–water partition coefficient (Wildman–Crippen LogP) is 6.62. The van der Waals surface area contributed by atoms with E-state index in [1.165, 1.54) is 18.7 Å². The number of hydrogen-bond donors (Lipinski definition) is 2. The van der Waals surface area contributed by atoms with E-state index in [0.717, 1.165) is 24.3 Å². The molecule has 1 amide bonds. The number of halogens is 6. The number of rotatable bonds is 9. The van der Waals surface area contributed by atoms with E-state index in [1.807, 2.05) is 18.2 Å². The number of alkyl halides is 6. The molecular weight excluding hydrogens is 719 g/mol. The summed E-state index contributed by atoms with van der Waals surface area (Å²) < 4.78 is 95.5. The molecule has 8 nitrogen and oxygen atoms in total. The van der Waals surface area contributed by atoms with Gasteiger partial charge in [-0.15, -0.1) is 0 Å². The third kappa shape index (κ3) is 8.59. The highest BCUT2D eigenvalue weighted by molar-refractivity contribution is 6.74. The molecule has 3 saturated heterocycles. The van der Waals surface area contributed by atoms with Gasteiger partial charge >= 0.3 is 12.4 Å². The van der Waals surface area contributed by atoms with Gasteiger partial charge in [0.25, 0.3) is 0 Å². The Hall–Kier alpha value is -2.69. The van der Waals surface area contributed by atoms with Crippen LogP contribution >= 0.6 is 0 Å². The van der Waals surface area contributed by atoms with Crippen LogP contribution in [0.3, 0.4) is 0 Å². The van der Waals surface area contributed by atoms with E-state index in [-0.39, 0.29) is 41.3 Å². The van der Waals surface area contributed by atoms with Crippen LogP contribution in [0.5, 0.6) is 0 Å². The van der Waals surface area contributed by atoms with E-state index in [9.17, 15) is 36.2 Å². The van der Waals surface area contributed by atoms with Gasteiger partial charge in [0.2, 0.25) is 5.91 Å². The number of benzene rings is 2. The molecule has 3 heterocycles. The zero-order valence-corrected chi connectivity index (χ0v) is 32.9. The Morgan fingerprint density at radius 2 is 1.60 bits per heavy atom. The molecule has 53 heavy (non-hydrogen) atoms. The highest BCUT2D eigenvalue weighted by atomic mass is 28.4. The lowest BCUT2D eigenvalue weighted by Crippen LogP contribution is -2.64. The standard InChI is InChI=1S/C38H54F6N4O4Si/c1-35(2,3)53(7,8)52-23-29-19-47-12-13-51-22-28(47)20-48(29)31-11-9-10-24(21-49)33(31)30-17-45-18-32(30)46(6)34(50)36(4,5)25-14-26(37(39,40)41)16-27(15-25)38(42,43)44/h9-11,14-16,28-30,32,45,49H,12-13,17-23H2,1-8H3/t28-,29-,30?,32?/m0/s1. The average Bonchev–Trinajstić information content (AvgIpc) is 3.57. The lowest BCUT2D eigenvalue weighted by atomic mass is 9.80. The molecule has 0 aromatic heterocycles. The van der Waals surface area contributed by atoms with Crippen LogP contribution in [0.25, 0.3) is 0 Å². The van der Waals surface area contributed by atoms with Gasteiger partial charge in [0, 0.05) is 51.4 Å². The van der Waals surface area contributed by atoms with Crippen LogP contribution in [0.1, 0.15) is 68.4 Å². The Morgan fingerprint density at radius 1 is 0.981 bits per heavy atom. The average molecular weight is 773 g/mol. The number of nitrogens with zero attached hydrogens (tertiary/aromatic N) is 3. The van der Waals surface area contributed by atoms with E-state index in [0.29, 0.717) is 57.2 Å². The van der Waals surface area contributed by atoms with Gasteiger partial charge in [-0.05, 0) is 72.9 Å².